The van der Waals surface area contributed by atoms with Gasteiger partial charge in [-0.2, -0.15) is 4.37 Å². The van der Waals surface area contributed by atoms with Gasteiger partial charge in [0.25, 0.3) is 0 Å². The second kappa shape index (κ2) is 3.62. The van der Waals surface area contributed by atoms with Crippen LogP contribution in [0, 0.1) is 0 Å². The lowest BCUT2D eigenvalue weighted by Crippen LogP contribution is -2.18. The fraction of sp³-hybridized carbons (Fsp3) is 0.308. The Morgan fingerprint density at radius 2 is 2.06 bits per heavy atom. The van der Waals surface area contributed by atoms with Crippen LogP contribution in [-0.2, 0) is 12.8 Å². The highest BCUT2D eigenvalue weighted by molar-refractivity contribution is 7.00. The molecule has 0 amide bonds. The molecule has 1 aliphatic rings. The quantitative estimate of drug-likeness (QED) is 0.672. The maximum Gasteiger partial charge on any atom is 0.193 e. The predicted octanol–water partition coefficient (Wildman–Crippen LogP) is 2.41. The highest BCUT2D eigenvalue weighted by Crippen LogP contribution is 2.24. The molecule has 3 aromatic rings. The predicted molar refractivity (Wildman–Crippen MR) is 72.2 cm³/mol. The Morgan fingerprint density at radius 1 is 1.17 bits per heavy atom. The third-order valence-electron chi connectivity index (χ3n) is 3.65. The van der Waals surface area contributed by atoms with Crippen LogP contribution < -0.4 is 5.43 Å². The molecule has 0 spiro atoms. The van der Waals surface area contributed by atoms with Gasteiger partial charge in [-0.25, -0.2) is 4.98 Å². The maximum absolute atomic E-state index is 12.5. The minimum atomic E-state index is 0.157. The van der Waals surface area contributed by atoms with Gasteiger partial charge in [0, 0.05) is 23.0 Å². The summed E-state index contributed by atoms with van der Waals surface area (Å²) in [5.41, 5.74) is 4.60. The zero-order valence-electron chi connectivity index (χ0n) is 9.69. The van der Waals surface area contributed by atoms with Crippen LogP contribution in [0.1, 0.15) is 24.1 Å². The molecule has 5 heteroatoms. The number of nitrogens with zero attached hydrogens (tertiary/aromatic N) is 2. The molecule has 0 unspecified atom stereocenters. The molecular weight excluding hydrogens is 246 g/mol. The van der Waals surface area contributed by atoms with Gasteiger partial charge < -0.3 is 0 Å². The lowest BCUT2D eigenvalue weighted by atomic mass is 9.94. The molecule has 18 heavy (non-hydrogen) atoms. The van der Waals surface area contributed by atoms with Crippen LogP contribution in [0.3, 0.4) is 0 Å². The summed E-state index contributed by atoms with van der Waals surface area (Å²) in [6.45, 7) is 0. The van der Waals surface area contributed by atoms with Crippen molar-refractivity contribution in [2.24, 2.45) is 0 Å². The third-order valence-corrected chi connectivity index (χ3v) is 4.23. The van der Waals surface area contributed by atoms with Crippen molar-refractivity contribution >= 4 is 33.7 Å². The second-order valence-electron chi connectivity index (χ2n) is 4.72. The van der Waals surface area contributed by atoms with E-state index >= 15 is 0 Å². The number of H-pyrrole nitrogens is 1. The number of aryl methyl sites for hydroxylation is 1. The number of fused-ring (bicyclic) bond motifs is 4. The Kier molecular flexibility index (Phi) is 2.05. The number of aromatic amines is 1. The van der Waals surface area contributed by atoms with Gasteiger partial charge in [-0.1, -0.05) is 0 Å². The first kappa shape index (κ1) is 10.2. The summed E-state index contributed by atoms with van der Waals surface area (Å²) in [4.78, 5) is 17.2. The minimum absolute atomic E-state index is 0.157. The summed E-state index contributed by atoms with van der Waals surface area (Å²) < 4.78 is 7.42. The van der Waals surface area contributed by atoms with Gasteiger partial charge in [0.2, 0.25) is 0 Å². The maximum atomic E-state index is 12.5. The molecule has 4 rings (SSSR count). The number of nitrogens with one attached hydrogen (secondary N) is 1. The van der Waals surface area contributed by atoms with Gasteiger partial charge >= 0.3 is 0 Å². The van der Waals surface area contributed by atoms with Crippen LogP contribution in [-0.4, -0.2) is 13.7 Å². The first-order chi connectivity index (χ1) is 8.84. The monoisotopic (exact) mass is 257 g/mol. The first-order valence-electron chi connectivity index (χ1n) is 6.13. The van der Waals surface area contributed by atoms with Crippen molar-refractivity contribution in [3.63, 3.8) is 0 Å². The SMILES string of the molecule is O=c1c2c(nc3c1ccc1[nH]snc13)CCCC2. The van der Waals surface area contributed by atoms with Crippen LogP contribution in [0.2, 0.25) is 0 Å². The van der Waals surface area contributed by atoms with Gasteiger partial charge in [0.05, 0.1) is 10.9 Å². The van der Waals surface area contributed by atoms with E-state index in [-0.39, 0.29) is 5.43 Å². The Bertz CT molecular complexity index is 818. The van der Waals surface area contributed by atoms with Gasteiger partial charge in [0.1, 0.15) is 11.0 Å². The van der Waals surface area contributed by atoms with Crippen LogP contribution in [0.4, 0.5) is 0 Å². The first-order valence-corrected chi connectivity index (χ1v) is 6.90. The summed E-state index contributed by atoms with van der Waals surface area (Å²) in [6.07, 6.45) is 4.02. The summed E-state index contributed by atoms with van der Waals surface area (Å²) in [5.74, 6) is 0. The zero-order valence-corrected chi connectivity index (χ0v) is 10.5. The van der Waals surface area contributed by atoms with Crippen molar-refractivity contribution < 1.29 is 0 Å². The van der Waals surface area contributed by atoms with Crippen molar-refractivity contribution in [1.82, 2.24) is 13.7 Å². The molecule has 4 nitrogen and oxygen atoms in total. The molecule has 0 aliphatic heterocycles. The second-order valence-corrected chi connectivity index (χ2v) is 5.29. The number of aromatic nitrogens is 3. The van der Waals surface area contributed by atoms with E-state index in [4.69, 9.17) is 4.98 Å². The molecule has 2 heterocycles. The molecule has 0 saturated heterocycles. The normalized spacial score (nSPS) is 15.1. The fourth-order valence-corrected chi connectivity index (χ4v) is 3.31. The number of pyridine rings is 1. The van der Waals surface area contributed by atoms with Crippen LogP contribution in [0.15, 0.2) is 16.9 Å². The minimum Gasteiger partial charge on any atom is -0.293 e. The number of rotatable bonds is 0. The van der Waals surface area contributed by atoms with Crippen molar-refractivity contribution in [3.05, 3.63) is 33.6 Å². The van der Waals surface area contributed by atoms with Crippen molar-refractivity contribution in [1.29, 1.82) is 0 Å². The van der Waals surface area contributed by atoms with E-state index in [0.717, 1.165) is 53.5 Å². The summed E-state index contributed by atoms with van der Waals surface area (Å²) >= 11 is 1.29. The molecule has 0 fully saturated rings. The molecule has 0 saturated carbocycles. The van der Waals surface area contributed by atoms with Gasteiger partial charge in [-0.3, -0.25) is 9.17 Å². The van der Waals surface area contributed by atoms with Crippen LogP contribution in [0.25, 0.3) is 21.9 Å². The summed E-state index contributed by atoms with van der Waals surface area (Å²) in [6, 6.07) is 3.78. The Hall–Kier alpha value is -1.75. The van der Waals surface area contributed by atoms with Gasteiger partial charge in [-0.05, 0) is 37.8 Å². The molecule has 2 aromatic heterocycles. The highest BCUT2D eigenvalue weighted by Gasteiger charge is 2.18. The zero-order chi connectivity index (χ0) is 12.1. The standard InChI is InChI=1S/C13H11N3OS/c17-13-7-3-1-2-4-9(7)14-11-8(13)5-6-10-12(11)16-18-15-10/h5-6,15H,1-4H2. The van der Waals surface area contributed by atoms with Crippen molar-refractivity contribution in [3.8, 4) is 0 Å². The molecule has 90 valence electrons. The lowest BCUT2D eigenvalue weighted by molar-refractivity contribution is 0.668. The molecule has 1 aliphatic carbocycles. The molecule has 1 aromatic carbocycles. The Morgan fingerprint density at radius 3 is 3.00 bits per heavy atom. The number of hydrogen-bond donors (Lipinski definition) is 1. The van der Waals surface area contributed by atoms with E-state index in [1.54, 1.807) is 0 Å². The topological polar surface area (TPSA) is 58.6 Å². The van der Waals surface area contributed by atoms with Gasteiger partial charge in [-0.15, -0.1) is 0 Å². The average molecular weight is 257 g/mol. The van der Waals surface area contributed by atoms with Crippen molar-refractivity contribution in [2.75, 3.05) is 0 Å². The van der Waals surface area contributed by atoms with E-state index in [9.17, 15) is 4.79 Å². The molecule has 0 atom stereocenters. The van der Waals surface area contributed by atoms with Crippen molar-refractivity contribution in [2.45, 2.75) is 25.7 Å². The molecular formula is C13H11N3OS. The number of benzene rings is 1. The summed E-state index contributed by atoms with van der Waals surface area (Å²) in [7, 11) is 0. The van der Waals surface area contributed by atoms with E-state index in [1.807, 2.05) is 12.1 Å². The van der Waals surface area contributed by atoms with Crippen LogP contribution >= 0.6 is 11.7 Å². The lowest BCUT2D eigenvalue weighted by Gasteiger charge is -2.14. The smallest absolute Gasteiger partial charge is 0.193 e. The Balaban J connectivity index is 2.22. The van der Waals surface area contributed by atoms with E-state index in [0.29, 0.717) is 5.39 Å². The van der Waals surface area contributed by atoms with Gasteiger partial charge in [0.15, 0.2) is 5.43 Å². The van der Waals surface area contributed by atoms with E-state index in [2.05, 4.69) is 8.75 Å². The van der Waals surface area contributed by atoms with E-state index in [1.165, 1.54) is 11.7 Å². The average Bonchev–Trinajstić information content (AvgIpc) is 2.88. The largest absolute Gasteiger partial charge is 0.293 e. The van der Waals surface area contributed by atoms with E-state index < -0.39 is 0 Å². The molecule has 0 radical (unpaired) electrons. The fourth-order valence-electron chi connectivity index (χ4n) is 2.72. The molecule has 0 bridgehead atoms. The Labute approximate surface area is 107 Å². The highest BCUT2D eigenvalue weighted by atomic mass is 32.1. The number of hydrogen-bond acceptors (Lipinski definition) is 4. The van der Waals surface area contributed by atoms with Crippen LogP contribution in [0.5, 0.6) is 0 Å². The summed E-state index contributed by atoms with van der Waals surface area (Å²) in [5, 5.41) is 0.711. The third kappa shape index (κ3) is 1.28. The molecule has 1 N–H and O–H groups in total.